The van der Waals surface area contributed by atoms with Gasteiger partial charge in [0, 0.05) is 22.9 Å². The summed E-state index contributed by atoms with van der Waals surface area (Å²) >= 11 is 1.55. The maximum absolute atomic E-state index is 12.5. The third-order valence-corrected chi connectivity index (χ3v) is 5.43. The molecule has 1 amide bonds. The number of carbonyl (C=O) groups is 1. The number of anilines is 1. The van der Waals surface area contributed by atoms with Crippen LogP contribution in [0.5, 0.6) is 11.5 Å². The fraction of sp³-hybridized carbons (Fsp3) is 0.381. The lowest BCUT2D eigenvalue weighted by molar-refractivity contribution is -0.113. The fourth-order valence-corrected chi connectivity index (χ4v) is 3.93. The summed E-state index contributed by atoms with van der Waals surface area (Å²) in [5.74, 6) is 1.83. The molecule has 1 aliphatic heterocycles. The minimum absolute atomic E-state index is 0.0529. The summed E-state index contributed by atoms with van der Waals surface area (Å²) in [4.78, 5) is 13.6. The van der Waals surface area contributed by atoms with Gasteiger partial charge >= 0.3 is 0 Å². The van der Waals surface area contributed by atoms with Crippen molar-refractivity contribution in [1.29, 1.82) is 0 Å². The molecule has 1 heterocycles. The Kier molecular flexibility index (Phi) is 5.77. The molecule has 0 fully saturated rings. The molecule has 1 atom stereocenters. The van der Waals surface area contributed by atoms with Gasteiger partial charge in [0.2, 0.25) is 5.91 Å². The molecule has 0 radical (unpaired) electrons. The molecule has 0 aromatic heterocycles. The molecule has 138 valence electrons. The summed E-state index contributed by atoms with van der Waals surface area (Å²) in [6, 6.07) is 10.1. The average Bonchev–Trinajstić information content (AvgIpc) is 2.95. The molecule has 0 saturated heterocycles. The van der Waals surface area contributed by atoms with E-state index in [-0.39, 0.29) is 12.0 Å². The summed E-state index contributed by atoms with van der Waals surface area (Å²) in [6.07, 6.45) is 1.02. The van der Waals surface area contributed by atoms with E-state index in [1.807, 2.05) is 26.0 Å². The van der Waals surface area contributed by atoms with Crippen molar-refractivity contribution >= 4 is 23.4 Å². The van der Waals surface area contributed by atoms with Crippen molar-refractivity contribution < 1.29 is 14.3 Å². The van der Waals surface area contributed by atoms with Crippen LogP contribution in [0.25, 0.3) is 0 Å². The highest BCUT2D eigenvalue weighted by Gasteiger charge is 2.22. The van der Waals surface area contributed by atoms with Crippen molar-refractivity contribution in [3.8, 4) is 11.5 Å². The van der Waals surface area contributed by atoms with E-state index in [1.165, 1.54) is 11.1 Å². The molecular weight excluding hydrogens is 346 g/mol. The lowest BCUT2D eigenvalue weighted by Crippen LogP contribution is -2.15. The van der Waals surface area contributed by atoms with Gasteiger partial charge in [-0.15, -0.1) is 11.8 Å². The molecule has 0 spiro atoms. The zero-order valence-electron chi connectivity index (χ0n) is 15.7. The first-order chi connectivity index (χ1) is 12.5. The van der Waals surface area contributed by atoms with Crippen molar-refractivity contribution in [2.24, 2.45) is 0 Å². The lowest BCUT2D eigenvalue weighted by atomic mass is 10.1. The highest BCUT2D eigenvalue weighted by atomic mass is 32.2. The molecular formula is C21H25NO3S. The summed E-state index contributed by atoms with van der Waals surface area (Å²) in [5.41, 5.74) is 4.18. The third-order valence-electron chi connectivity index (χ3n) is 4.27. The predicted octanol–water partition coefficient (Wildman–Crippen LogP) is 4.76. The topological polar surface area (TPSA) is 47.6 Å². The molecule has 0 bridgehead atoms. The second-order valence-corrected chi connectivity index (χ2v) is 7.64. The van der Waals surface area contributed by atoms with Crippen molar-refractivity contribution in [3.63, 3.8) is 0 Å². The first kappa shape index (κ1) is 18.6. The molecule has 0 saturated carbocycles. The number of ether oxygens (including phenoxy) is 2. The van der Waals surface area contributed by atoms with E-state index in [1.54, 1.807) is 11.8 Å². The molecule has 26 heavy (non-hydrogen) atoms. The van der Waals surface area contributed by atoms with Crippen LogP contribution in [0.1, 0.15) is 30.5 Å². The number of benzene rings is 2. The lowest BCUT2D eigenvalue weighted by Gasteiger charge is -2.14. The Morgan fingerprint density at radius 2 is 2.12 bits per heavy atom. The first-order valence-electron chi connectivity index (χ1n) is 8.92. The largest absolute Gasteiger partial charge is 0.492 e. The summed E-state index contributed by atoms with van der Waals surface area (Å²) in [5, 5.41) is 2.98. The number of nitrogens with one attached hydrogen (secondary N) is 1. The predicted molar refractivity (Wildman–Crippen MR) is 107 cm³/mol. The molecule has 1 aliphatic rings. The maximum atomic E-state index is 12.5. The van der Waals surface area contributed by atoms with E-state index < -0.39 is 0 Å². The summed E-state index contributed by atoms with van der Waals surface area (Å²) in [6.45, 7) is 8.65. The number of aryl methyl sites for hydroxylation is 2. The standard InChI is InChI=1S/C21H25NO3S/c1-5-24-19-10-16-9-15(4)25-18(16)11-17(19)22-21(23)12-26-20-8-13(2)6-7-14(20)3/h6-8,10-11,15H,5,9,12H2,1-4H3,(H,22,23). The first-order valence-corrected chi connectivity index (χ1v) is 9.91. The van der Waals surface area contributed by atoms with E-state index in [0.29, 0.717) is 23.8 Å². The normalized spacial score (nSPS) is 15.3. The minimum atomic E-state index is -0.0529. The van der Waals surface area contributed by atoms with Gasteiger partial charge in [0.1, 0.15) is 17.6 Å². The van der Waals surface area contributed by atoms with Gasteiger partial charge in [-0.3, -0.25) is 4.79 Å². The van der Waals surface area contributed by atoms with Crippen molar-refractivity contribution in [2.75, 3.05) is 17.7 Å². The van der Waals surface area contributed by atoms with E-state index >= 15 is 0 Å². The van der Waals surface area contributed by atoms with Crippen LogP contribution in [0, 0.1) is 13.8 Å². The smallest absolute Gasteiger partial charge is 0.234 e. The molecule has 3 rings (SSSR count). The second-order valence-electron chi connectivity index (χ2n) is 6.63. The number of fused-ring (bicyclic) bond motifs is 1. The maximum Gasteiger partial charge on any atom is 0.234 e. The quantitative estimate of drug-likeness (QED) is 0.744. The van der Waals surface area contributed by atoms with Crippen LogP contribution in [0.15, 0.2) is 35.2 Å². The number of thioether (sulfide) groups is 1. The Morgan fingerprint density at radius 3 is 2.88 bits per heavy atom. The van der Waals surface area contributed by atoms with Gasteiger partial charge in [-0.05, 0) is 45.4 Å². The second kappa shape index (κ2) is 8.04. The van der Waals surface area contributed by atoms with E-state index in [4.69, 9.17) is 9.47 Å². The van der Waals surface area contributed by atoms with Crippen LogP contribution < -0.4 is 14.8 Å². The number of carbonyl (C=O) groups excluding carboxylic acids is 1. The van der Waals surface area contributed by atoms with Gasteiger partial charge < -0.3 is 14.8 Å². The molecule has 2 aromatic carbocycles. The number of hydrogen-bond donors (Lipinski definition) is 1. The number of amides is 1. The molecule has 1 unspecified atom stereocenters. The Hall–Kier alpha value is -2.14. The van der Waals surface area contributed by atoms with Gasteiger partial charge in [-0.25, -0.2) is 0 Å². The van der Waals surface area contributed by atoms with E-state index in [2.05, 4.69) is 37.4 Å². The van der Waals surface area contributed by atoms with Gasteiger partial charge in [0.05, 0.1) is 18.0 Å². The SMILES string of the molecule is CCOc1cc2c(cc1NC(=O)CSc1cc(C)ccc1C)OC(C)C2. The zero-order chi connectivity index (χ0) is 18.7. The van der Waals surface area contributed by atoms with Crippen LogP contribution in [-0.4, -0.2) is 24.4 Å². The third kappa shape index (κ3) is 4.33. The van der Waals surface area contributed by atoms with Gasteiger partial charge in [0.15, 0.2) is 0 Å². The monoisotopic (exact) mass is 371 g/mol. The number of rotatable bonds is 6. The fourth-order valence-electron chi connectivity index (χ4n) is 3.00. The van der Waals surface area contributed by atoms with Crippen LogP contribution in [0.3, 0.4) is 0 Å². The Balaban J connectivity index is 1.70. The van der Waals surface area contributed by atoms with Crippen LogP contribution in [0.2, 0.25) is 0 Å². The van der Waals surface area contributed by atoms with E-state index in [0.717, 1.165) is 22.6 Å². The highest BCUT2D eigenvalue weighted by Crippen LogP contribution is 2.38. The minimum Gasteiger partial charge on any atom is -0.492 e. The average molecular weight is 372 g/mol. The van der Waals surface area contributed by atoms with Crippen molar-refractivity contribution in [2.45, 2.75) is 45.1 Å². The zero-order valence-corrected chi connectivity index (χ0v) is 16.5. The van der Waals surface area contributed by atoms with Gasteiger partial charge in [0.25, 0.3) is 0 Å². The molecule has 1 N–H and O–H groups in total. The van der Waals surface area contributed by atoms with Crippen LogP contribution in [0.4, 0.5) is 5.69 Å². The molecule has 4 nitrogen and oxygen atoms in total. The molecule has 5 heteroatoms. The highest BCUT2D eigenvalue weighted by molar-refractivity contribution is 8.00. The van der Waals surface area contributed by atoms with Crippen LogP contribution >= 0.6 is 11.8 Å². The van der Waals surface area contributed by atoms with E-state index in [9.17, 15) is 4.79 Å². The number of hydrogen-bond acceptors (Lipinski definition) is 4. The summed E-state index contributed by atoms with van der Waals surface area (Å²) < 4.78 is 11.5. The van der Waals surface area contributed by atoms with Crippen LogP contribution in [-0.2, 0) is 11.2 Å². The Morgan fingerprint density at radius 1 is 1.31 bits per heavy atom. The Bertz CT molecular complexity index is 819. The van der Waals surface area contributed by atoms with Gasteiger partial charge in [-0.2, -0.15) is 0 Å². The van der Waals surface area contributed by atoms with Crippen molar-refractivity contribution in [1.82, 2.24) is 0 Å². The molecule has 0 aliphatic carbocycles. The van der Waals surface area contributed by atoms with Crippen molar-refractivity contribution in [3.05, 3.63) is 47.0 Å². The summed E-state index contributed by atoms with van der Waals surface area (Å²) in [7, 11) is 0. The Labute approximate surface area is 159 Å². The molecule has 2 aromatic rings. The van der Waals surface area contributed by atoms with Gasteiger partial charge in [-0.1, -0.05) is 17.7 Å².